The van der Waals surface area contributed by atoms with Crippen LogP contribution in [0.4, 0.5) is 5.69 Å². The first-order valence-corrected chi connectivity index (χ1v) is 8.01. The van der Waals surface area contributed by atoms with Gasteiger partial charge >= 0.3 is 0 Å². The van der Waals surface area contributed by atoms with E-state index in [2.05, 4.69) is 17.1 Å². The molecule has 116 valence electrons. The van der Waals surface area contributed by atoms with Crippen molar-refractivity contribution >= 4 is 22.6 Å². The molecule has 0 saturated carbocycles. The summed E-state index contributed by atoms with van der Waals surface area (Å²) in [5.41, 5.74) is 5.82. The summed E-state index contributed by atoms with van der Waals surface area (Å²) < 4.78 is 0. The Morgan fingerprint density at radius 3 is 2.70 bits per heavy atom. The lowest BCUT2D eigenvalue weighted by Crippen LogP contribution is -2.23. The Bertz CT molecular complexity index is 866. The number of benzene rings is 1. The third-order valence-electron chi connectivity index (χ3n) is 4.37. The van der Waals surface area contributed by atoms with Crippen LogP contribution in [0.15, 0.2) is 36.4 Å². The van der Waals surface area contributed by atoms with E-state index in [0.717, 1.165) is 53.1 Å². The summed E-state index contributed by atoms with van der Waals surface area (Å²) in [5, 5.41) is 7.30. The van der Waals surface area contributed by atoms with Crippen molar-refractivity contribution in [2.45, 2.75) is 26.2 Å². The van der Waals surface area contributed by atoms with E-state index in [1.165, 1.54) is 0 Å². The predicted octanol–water partition coefficient (Wildman–Crippen LogP) is 3.31. The van der Waals surface area contributed by atoms with Crippen LogP contribution in [0, 0.1) is 0 Å². The van der Waals surface area contributed by atoms with Gasteiger partial charge < -0.3 is 4.90 Å². The number of aryl methyl sites for hydroxylation is 1. The number of pyridine rings is 1. The van der Waals surface area contributed by atoms with E-state index < -0.39 is 0 Å². The summed E-state index contributed by atoms with van der Waals surface area (Å²) in [7, 11) is 0. The number of carbonyl (C=O) groups excluding carboxylic acids is 1. The molecule has 23 heavy (non-hydrogen) atoms. The molecule has 4 rings (SSSR count). The number of hydrogen-bond donors (Lipinski definition) is 1. The third kappa shape index (κ3) is 2.38. The molecular weight excluding hydrogens is 288 g/mol. The molecule has 2 aromatic heterocycles. The number of rotatable bonds is 3. The second-order valence-electron chi connectivity index (χ2n) is 5.82. The number of hydrogen-bond acceptors (Lipinski definition) is 3. The number of H-pyrrole nitrogens is 1. The van der Waals surface area contributed by atoms with E-state index in [0.29, 0.717) is 6.42 Å². The summed E-state index contributed by atoms with van der Waals surface area (Å²) in [4.78, 5) is 18.4. The highest BCUT2D eigenvalue weighted by molar-refractivity contribution is 5.95. The zero-order chi connectivity index (χ0) is 15.8. The number of amides is 1. The van der Waals surface area contributed by atoms with Gasteiger partial charge in [-0.3, -0.25) is 9.89 Å². The van der Waals surface area contributed by atoms with E-state index in [9.17, 15) is 4.79 Å². The molecule has 0 spiro atoms. The van der Waals surface area contributed by atoms with Crippen molar-refractivity contribution in [2.75, 3.05) is 11.4 Å². The van der Waals surface area contributed by atoms with Gasteiger partial charge in [-0.25, -0.2) is 4.98 Å². The highest BCUT2D eigenvalue weighted by Crippen LogP contribution is 2.26. The van der Waals surface area contributed by atoms with Crippen LogP contribution in [0.1, 0.15) is 25.5 Å². The Hall–Kier alpha value is -2.69. The molecule has 0 atom stereocenters. The quantitative estimate of drug-likeness (QED) is 0.807. The predicted molar refractivity (Wildman–Crippen MR) is 90.3 cm³/mol. The number of fused-ring (bicyclic) bond motifs is 1. The van der Waals surface area contributed by atoms with Crippen molar-refractivity contribution < 1.29 is 4.79 Å². The molecule has 0 unspecified atom stereocenters. The van der Waals surface area contributed by atoms with Crippen LogP contribution in [0.5, 0.6) is 0 Å². The van der Waals surface area contributed by atoms with Gasteiger partial charge in [0.25, 0.3) is 0 Å². The fraction of sp³-hybridized carbons (Fsp3) is 0.278. The Labute approximate surface area is 134 Å². The van der Waals surface area contributed by atoms with E-state index in [-0.39, 0.29) is 5.91 Å². The zero-order valence-electron chi connectivity index (χ0n) is 13.0. The first-order valence-electron chi connectivity index (χ1n) is 8.01. The monoisotopic (exact) mass is 306 g/mol. The molecule has 3 heterocycles. The Kier molecular flexibility index (Phi) is 3.33. The first kappa shape index (κ1) is 13.9. The fourth-order valence-corrected chi connectivity index (χ4v) is 3.09. The van der Waals surface area contributed by atoms with Crippen LogP contribution in [0.2, 0.25) is 0 Å². The maximum absolute atomic E-state index is 11.8. The average Bonchev–Trinajstić information content (AvgIpc) is 3.20. The lowest BCUT2D eigenvalue weighted by Gasteiger charge is -2.15. The second kappa shape index (κ2) is 5.50. The minimum Gasteiger partial charge on any atom is -0.312 e. The van der Waals surface area contributed by atoms with Gasteiger partial charge in [-0.2, -0.15) is 5.10 Å². The van der Waals surface area contributed by atoms with E-state index >= 15 is 0 Å². The molecule has 1 amide bonds. The normalized spacial score (nSPS) is 14.8. The van der Waals surface area contributed by atoms with Crippen LogP contribution in [0.25, 0.3) is 22.3 Å². The molecule has 1 fully saturated rings. The van der Waals surface area contributed by atoms with Gasteiger partial charge in [-0.15, -0.1) is 0 Å². The van der Waals surface area contributed by atoms with Crippen LogP contribution in [-0.2, 0) is 11.2 Å². The molecule has 1 saturated heterocycles. The fourth-order valence-electron chi connectivity index (χ4n) is 3.09. The highest BCUT2D eigenvalue weighted by atomic mass is 16.2. The lowest BCUT2D eigenvalue weighted by molar-refractivity contribution is -0.117. The highest BCUT2D eigenvalue weighted by Gasteiger charge is 2.21. The van der Waals surface area contributed by atoms with Gasteiger partial charge in [0.15, 0.2) is 0 Å². The van der Waals surface area contributed by atoms with Gasteiger partial charge in [-0.1, -0.05) is 19.1 Å². The van der Waals surface area contributed by atoms with Crippen molar-refractivity contribution in [1.29, 1.82) is 0 Å². The SMILES string of the molecule is CCc1[nH]nc2ccc(-c3ccc(N4CCCC4=O)cc3)nc12. The molecule has 1 N–H and O–H groups in total. The first-order chi connectivity index (χ1) is 11.3. The molecule has 1 aliphatic heterocycles. The van der Waals surface area contributed by atoms with Crippen molar-refractivity contribution in [3.63, 3.8) is 0 Å². The number of aromatic nitrogens is 3. The Morgan fingerprint density at radius 1 is 1.17 bits per heavy atom. The standard InChI is InChI=1S/C18H18N4O/c1-2-14-18-16(21-20-14)10-9-15(19-18)12-5-7-13(8-6-12)22-11-3-4-17(22)23/h5-10H,2-4,11H2,1H3,(H,20,21). The van der Waals surface area contributed by atoms with E-state index in [1.54, 1.807) is 0 Å². The van der Waals surface area contributed by atoms with Gasteiger partial charge in [0.05, 0.1) is 11.4 Å². The van der Waals surface area contributed by atoms with Crippen molar-refractivity contribution in [1.82, 2.24) is 15.2 Å². The molecule has 0 bridgehead atoms. The average molecular weight is 306 g/mol. The van der Waals surface area contributed by atoms with Crippen LogP contribution >= 0.6 is 0 Å². The smallest absolute Gasteiger partial charge is 0.227 e. The van der Waals surface area contributed by atoms with E-state index in [1.807, 2.05) is 41.3 Å². The molecule has 5 heteroatoms. The Balaban J connectivity index is 1.69. The van der Waals surface area contributed by atoms with E-state index in [4.69, 9.17) is 4.98 Å². The largest absolute Gasteiger partial charge is 0.312 e. The summed E-state index contributed by atoms with van der Waals surface area (Å²) in [6, 6.07) is 12.0. The molecule has 3 aromatic rings. The number of nitrogens with zero attached hydrogens (tertiary/aromatic N) is 3. The molecule has 1 aliphatic rings. The van der Waals surface area contributed by atoms with Crippen LogP contribution < -0.4 is 4.90 Å². The minimum atomic E-state index is 0.211. The van der Waals surface area contributed by atoms with Crippen molar-refractivity contribution in [3.8, 4) is 11.3 Å². The van der Waals surface area contributed by atoms with Gasteiger partial charge in [-0.05, 0) is 37.1 Å². The molecule has 0 radical (unpaired) electrons. The molecular formula is C18H18N4O. The van der Waals surface area contributed by atoms with Gasteiger partial charge in [0, 0.05) is 24.2 Å². The zero-order valence-corrected chi connectivity index (χ0v) is 13.0. The van der Waals surface area contributed by atoms with Crippen molar-refractivity contribution in [2.24, 2.45) is 0 Å². The number of carbonyl (C=O) groups is 1. The Morgan fingerprint density at radius 2 is 2.00 bits per heavy atom. The molecule has 5 nitrogen and oxygen atoms in total. The number of nitrogens with one attached hydrogen (secondary N) is 1. The number of anilines is 1. The summed E-state index contributed by atoms with van der Waals surface area (Å²) in [6.45, 7) is 2.90. The minimum absolute atomic E-state index is 0.211. The summed E-state index contributed by atoms with van der Waals surface area (Å²) in [5.74, 6) is 0.211. The second-order valence-corrected chi connectivity index (χ2v) is 5.82. The maximum atomic E-state index is 11.8. The van der Waals surface area contributed by atoms with Crippen molar-refractivity contribution in [3.05, 3.63) is 42.1 Å². The van der Waals surface area contributed by atoms with Gasteiger partial charge in [0.1, 0.15) is 11.0 Å². The maximum Gasteiger partial charge on any atom is 0.227 e. The number of aromatic amines is 1. The summed E-state index contributed by atoms with van der Waals surface area (Å²) >= 11 is 0. The van der Waals surface area contributed by atoms with Crippen LogP contribution in [0.3, 0.4) is 0 Å². The van der Waals surface area contributed by atoms with Gasteiger partial charge in [0.2, 0.25) is 5.91 Å². The third-order valence-corrected chi connectivity index (χ3v) is 4.37. The van der Waals surface area contributed by atoms with Crippen LogP contribution in [-0.4, -0.2) is 27.6 Å². The molecule has 1 aromatic carbocycles. The molecule has 0 aliphatic carbocycles. The topological polar surface area (TPSA) is 61.9 Å². The summed E-state index contributed by atoms with van der Waals surface area (Å²) in [6.07, 6.45) is 2.47. The lowest BCUT2D eigenvalue weighted by atomic mass is 10.1.